The monoisotopic (exact) mass is 381 g/mol. The number of benzene rings is 2. The van der Waals surface area contributed by atoms with E-state index in [1.807, 2.05) is 68.7 Å². The highest BCUT2D eigenvalue weighted by Crippen LogP contribution is 2.37. The minimum atomic E-state index is -0.0957. The minimum absolute atomic E-state index is 0.0957. The average Bonchev–Trinajstić information content (AvgIpc) is 2.96. The molecular weight excluding hydrogens is 362 g/mol. The van der Waals surface area contributed by atoms with Crippen molar-refractivity contribution >= 4 is 34.6 Å². The molecule has 27 heavy (non-hydrogen) atoms. The van der Waals surface area contributed by atoms with Crippen molar-refractivity contribution in [2.75, 3.05) is 32.2 Å². The number of ether oxygens (including phenoxy) is 2. The van der Waals surface area contributed by atoms with E-state index in [0.717, 1.165) is 17.0 Å². The SMILES string of the molecule is CN(C)/N=C1\S/C(=C\c2ccc3c(c2)OCCO3)C(=O)N1c1ccccc1. The molecule has 1 saturated heterocycles. The number of carbonyl (C=O) groups excluding carboxylic acids is 1. The van der Waals surface area contributed by atoms with Crippen molar-refractivity contribution in [3.05, 3.63) is 59.0 Å². The fraction of sp³-hybridized carbons (Fsp3) is 0.200. The Hall–Kier alpha value is -2.93. The van der Waals surface area contributed by atoms with Crippen LogP contribution in [-0.4, -0.2) is 43.4 Å². The number of amidine groups is 1. The van der Waals surface area contributed by atoms with Gasteiger partial charge in [-0.2, -0.15) is 5.10 Å². The summed E-state index contributed by atoms with van der Waals surface area (Å²) in [6, 6.07) is 15.2. The summed E-state index contributed by atoms with van der Waals surface area (Å²) in [5.74, 6) is 1.34. The standard InChI is InChI=1S/C20H19N3O3S/c1-22(2)21-20-23(15-6-4-3-5-7-15)19(24)18(27-20)13-14-8-9-16-17(12-14)26-11-10-25-16/h3-9,12-13H,10-11H2,1-2H3/b18-13-,21-20-. The van der Waals surface area contributed by atoms with Crippen molar-refractivity contribution in [3.63, 3.8) is 0 Å². The number of rotatable bonds is 3. The summed E-state index contributed by atoms with van der Waals surface area (Å²) in [5, 5.41) is 6.80. The number of thioether (sulfide) groups is 1. The highest BCUT2D eigenvalue weighted by Gasteiger charge is 2.35. The van der Waals surface area contributed by atoms with Crippen molar-refractivity contribution in [2.24, 2.45) is 5.10 Å². The smallest absolute Gasteiger partial charge is 0.271 e. The van der Waals surface area contributed by atoms with Crippen molar-refractivity contribution in [3.8, 4) is 11.5 Å². The largest absolute Gasteiger partial charge is 0.486 e. The zero-order valence-electron chi connectivity index (χ0n) is 15.1. The lowest BCUT2D eigenvalue weighted by atomic mass is 10.1. The van der Waals surface area contributed by atoms with Gasteiger partial charge in [-0.15, -0.1) is 0 Å². The number of anilines is 1. The number of para-hydroxylation sites is 1. The van der Waals surface area contributed by atoms with Crippen molar-refractivity contribution in [1.82, 2.24) is 5.01 Å². The molecule has 0 bridgehead atoms. The number of nitrogens with zero attached hydrogens (tertiary/aromatic N) is 3. The molecule has 0 N–H and O–H groups in total. The lowest BCUT2D eigenvalue weighted by molar-refractivity contribution is -0.113. The van der Waals surface area contributed by atoms with Crippen molar-refractivity contribution in [2.45, 2.75) is 0 Å². The molecule has 6 nitrogen and oxygen atoms in total. The van der Waals surface area contributed by atoms with Crippen LogP contribution in [0, 0.1) is 0 Å². The average molecular weight is 381 g/mol. The van der Waals surface area contributed by atoms with Crippen molar-refractivity contribution in [1.29, 1.82) is 0 Å². The lowest BCUT2D eigenvalue weighted by Crippen LogP contribution is -2.30. The summed E-state index contributed by atoms with van der Waals surface area (Å²) in [5.41, 5.74) is 1.68. The molecule has 0 unspecified atom stereocenters. The van der Waals surface area contributed by atoms with Gasteiger partial charge in [0.2, 0.25) is 0 Å². The van der Waals surface area contributed by atoms with E-state index in [0.29, 0.717) is 29.0 Å². The molecule has 0 atom stereocenters. The second kappa shape index (κ2) is 7.36. The van der Waals surface area contributed by atoms with Crippen LogP contribution in [0.25, 0.3) is 6.08 Å². The van der Waals surface area contributed by atoms with Crippen LogP contribution in [0.5, 0.6) is 11.5 Å². The molecule has 0 aromatic heterocycles. The Bertz CT molecular complexity index is 925. The molecule has 2 aromatic carbocycles. The van der Waals surface area contributed by atoms with E-state index in [2.05, 4.69) is 5.10 Å². The third kappa shape index (κ3) is 3.64. The molecular formula is C20H19N3O3S. The fourth-order valence-corrected chi connectivity index (χ4v) is 3.87. The fourth-order valence-electron chi connectivity index (χ4n) is 2.82. The normalized spacial score (nSPS) is 19.0. The third-order valence-corrected chi connectivity index (χ3v) is 4.93. The van der Waals surface area contributed by atoms with E-state index in [9.17, 15) is 4.79 Å². The van der Waals surface area contributed by atoms with Crippen LogP contribution in [0.3, 0.4) is 0 Å². The zero-order chi connectivity index (χ0) is 18.8. The van der Waals surface area contributed by atoms with Gasteiger partial charge in [0.05, 0.1) is 10.6 Å². The van der Waals surface area contributed by atoms with Gasteiger partial charge in [-0.25, -0.2) is 0 Å². The van der Waals surface area contributed by atoms with Crippen LogP contribution in [0.15, 0.2) is 58.5 Å². The molecule has 0 saturated carbocycles. The van der Waals surface area contributed by atoms with Gasteiger partial charge in [0.25, 0.3) is 5.91 Å². The third-order valence-electron chi connectivity index (χ3n) is 3.97. The van der Waals surface area contributed by atoms with Crippen LogP contribution in [0.1, 0.15) is 5.56 Å². The molecule has 2 aliphatic heterocycles. The first-order valence-electron chi connectivity index (χ1n) is 8.56. The Balaban J connectivity index is 1.69. The van der Waals surface area contributed by atoms with E-state index in [-0.39, 0.29) is 5.91 Å². The number of hydrogen-bond donors (Lipinski definition) is 0. The Morgan fingerprint density at radius 3 is 2.56 bits per heavy atom. The second-order valence-electron chi connectivity index (χ2n) is 6.22. The summed E-state index contributed by atoms with van der Waals surface area (Å²) in [6.07, 6.45) is 1.86. The molecule has 0 aliphatic carbocycles. The predicted octanol–water partition coefficient (Wildman–Crippen LogP) is 3.41. The zero-order valence-corrected chi connectivity index (χ0v) is 15.9. The topological polar surface area (TPSA) is 54.4 Å². The first-order valence-corrected chi connectivity index (χ1v) is 9.38. The molecule has 2 aromatic rings. The Labute approximate surface area is 162 Å². The van der Waals surface area contributed by atoms with Crippen LogP contribution < -0.4 is 14.4 Å². The van der Waals surface area contributed by atoms with Crippen LogP contribution in [0.4, 0.5) is 5.69 Å². The minimum Gasteiger partial charge on any atom is -0.486 e. The van der Waals surface area contributed by atoms with Gasteiger partial charge < -0.3 is 14.5 Å². The number of amides is 1. The molecule has 7 heteroatoms. The highest BCUT2D eigenvalue weighted by atomic mass is 32.2. The summed E-state index contributed by atoms with van der Waals surface area (Å²) in [7, 11) is 3.67. The van der Waals surface area contributed by atoms with Crippen LogP contribution in [0.2, 0.25) is 0 Å². The highest BCUT2D eigenvalue weighted by molar-refractivity contribution is 8.19. The first-order chi connectivity index (χ1) is 13.1. The van der Waals surface area contributed by atoms with Gasteiger partial charge in [0, 0.05) is 14.1 Å². The van der Waals surface area contributed by atoms with Crippen LogP contribution >= 0.6 is 11.8 Å². The maximum absolute atomic E-state index is 13.1. The quantitative estimate of drug-likeness (QED) is 0.602. The van der Waals surface area contributed by atoms with Gasteiger partial charge in [0.15, 0.2) is 16.7 Å². The summed E-state index contributed by atoms with van der Waals surface area (Å²) < 4.78 is 11.2. The summed E-state index contributed by atoms with van der Waals surface area (Å²) in [6.45, 7) is 1.08. The van der Waals surface area contributed by atoms with E-state index in [1.54, 1.807) is 9.91 Å². The van der Waals surface area contributed by atoms with Gasteiger partial charge in [-0.05, 0) is 47.7 Å². The molecule has 1 amide bonds. The van der Waals surface area contributed by atoms with Gasteiger partial charge in [0.1, 0.15) is 13.2 Å². The Kier molecular flexibility index (Phi) is 4.77. The number of hydrazone groups is 1. The van der Waals surface area contributed by atoms with E-state index < -0.39 is 0 Å². The number of fused-ring (bicyclic) bond motifs is 1. The maximum atomic E-state index is 13.1. The number of hydrogen-bond acceptors (Lipinski definition) is 6. The number of carbonyl (C=O) groups is 1. The van der Waals surface area contributed by atoms with Crippen molar-refractivity contribution < 1.29 is 14.3 Å². The maximum Gasteiger partial charge on any atom is 0.271 e. The molecule has 2 heterocycles. The second-order valence-corrected chi connectivity index (χ2v) is 7.23. The van der Waals surface area contributed by atoms with Crippen LogP contribution in [-0.2, 0) is 4.79 Å². The van der Waals surface area contributed by atoms with E-state index >= 15 is 0 Å². The first kappa shape index (κ1) is 17.5. The van der Waals surface area contributed by atoms with E-state index in [4.69, 9.17) is 9.47 Å². The summed E-state index contributed by atoms with van der Waals surface area (Å²) >= 11 is 1.36. The molecule has 138 valence electrons. The van der Waals surface area contributed by atoms with Gasteiger partial charge >= 0.3 is 0 Å². The molecule has 0 spiro atoms. The molecule has 1 fully saturated rings. The molecule has 4 rings (SSSR count). The molecule has 0 radical (unpaired) electrons. The van der Waals surface area contributed by atoms with E-state index in [1.165, 1.54) is 11.8 Å². The molecule has 2 aliphatic rings. The Morgan fingerprint density at radius 1 is 1.07 bits per heavy atom. The Morgan fingerprint density at radius 2 is 1.81 bits per heavy atom. The van der Waals surface area contributed by atoms with Gasteiger partial charge in [-0.3, -0.25) is 9.69 Å². The predicted molar refractivity (Wildman–Crippen MR) is 108 cm³/mol. The lowest BCUT2D eigenvalue weighted by Gasteiger charge is -2.18. The van der Waals surface area contributed by atoms with Gasteiger partial charge in [-0.1, -0.05) is 24.3 Å². The summed E-state index contributed by atoms with van der Waals surface area (Å²) in [4.78, 5) is 15.3.